The first-order valence-corrected chi connectivity index (χ1v) is 7.92. The van der Waals surface area contributed by atoms with E-state index in [1.807, 2.05) is 13.8 Å². The molecular formula is C17H20FNO5. The number of hydrogen-bond donors (Lipinski definition) is 2. The van der Waals surface area contributed by atoms with E-state index in [4.69, 9.17) is 14.6 Å². The molecule has 6 nitrogen and oxygen atoms in total. The molecule has 0 saturated carbocycles. The lowest BCUT2D eigenvalue weighted by Gasteiger charge is -2.38. The zero-order valence-electron chi connectivity index (χ0n) is 13.5. The summed E-state index contributed by atoms with van der Waals surface area (Å²) in [6, 6.07) is 3.89. The minimum atomic E-state index is -1.06. The van der Waals surface area contributed by atoms with Gasteiger partial charge in [0.2, 0.25) is 5.91 Å². The lowest BCUT2D eigenvalue weighted by atomic mass is 9.89. The maximum Gasteiger partial charge on any atom is 0.332 e. The van der Waals surface area contributed by atoms with Gasteiger partial charge in [0.15, 0.2) is 6.10 Å². The van der Waals surface area contributed by atoms with Gasteiger partial charge >= 0.3 is 5.97 Å². The third-order valence-corrected chi connectivity index (χ3v) is 4.34. The number of fused-ring (bicyclic) bond motifs is 1. The highest BCUT2D eigenvalue weighted by Gasteiger charge is 2.39. The Balaban J connectivity index is 1.75. The predicted octanol–water partition coefficient (Wildman–Crippen LogP) is 2.18. The molecule has 2 aliphatic heterocycles. The van der Waals surface area contributed by atoms with Crippen LogP contribution in [-0.2, 0) is 14.3 Å². The number of benzene rings is 1. The largest absolute Gasteiger partial charge is 0.487 e. The maximum atomic E-state index is 13.5. The van der Waals surface area contributed by atoms with Crippen molar-refractivity contribution in [2.45, 2.75) is 57.0 Å². The van der Waals surface area contributed by atoms with Gasteiger partial charge in [0.05, 0.1) is 6.04 Å². The summed E-state index contributed by atoms with van der Waals surface area (Å²) in [6.07, 6.45) is -0.513. The number of nitrogens with one attached hydrogen (secondary N) is 1. The third-order valence-electron chi connectivity index (χ3n) is 4.34. The van der Waals surface area contributed by atoms with Gasteiger partial charge in [-0.05, 0) is 32.8 Å². The Morgan fingerprint density at radius 2 is 2.00 bits per heavy atom. The number of carboxylic acids is 1. The zero-order valence-corrected chi connectivity index (χ0v) is 13.5. The highest BCUT2D eigenvalue weighted by molar-refractivity contribution is 5.83. The van der Waals surface area contributed by atoms with Crippen LogP contribution < -0.4 is 10.1 Å². The Morgan fingerprint density at radius 3 is 2.67 bits per heavy atom. The molecule has 1 unspecified atom stereocenters. The number of rotatable bonds is 3. The van der Waals surface area contributed by atoms with Gasteiger partial charge in [-0.2, -0.15) is 0 Å². The molecule has 0 aliphatic carbocycles. The van der Waals surface area contributed by atoms with Crippen LogP contribution >= 0.6 is 0 Å². The van der Waals surface area contributed by atoms with Crippen LogP contribution in [0, 0.1) is 5.82 Å². The van der Waals surface area contributed by atoms with Crippen LogP contribution in [0.5, 0.6) is 5.75 Å². The number of hydrogen-bond acceptors (Lipinski definition) is 4. The van der Waals surface area contributed by atoms with Gasteiger partial charge in [-0.15, -0.1) is 0 Å². The van der Waals surface area contributed by atoms with E-state index >= 15 is 0 Å². The Bertz CT molecular complexity index is 675. The lowest BCUT2D eigenvalue weighted by molar-refractivity contribution is -0.152. The van der Waals surface area contributed by atoms with Crippen molar-refractivity contribution in [1.82, 2.24) is 5.32 Å². The molecule has 130 valence electrons. The summed E-state index contributed by atoms with van der Waals surface area (Å²) in [6.45, 7) is 3.74. The molecule has 1 fully saturated rings. The molecule has 0 radical (unpaired) electrons. The van der Waals surface area contributed by atoms with E-state index in [0.717, 1.165) is 0 Å². The topological polar surface area (TPSA) is 84.9 Å². The van der Waals surface area contributed by atoms with Crippen molar-refractivity contribution in [2.24, 2.45) is 0 Å². The number of carboxylic acid groups (broad SMARTS) is 1. The van der Waals surface area contributed by atoms with Crippen molar-refractivity contribution in [3.63, 3.8) is 0 Å². The summed E-state index contributed by atoms with van der Waals surface area (Å²) in [7, 11) is 0. The lowest BCUT2D eigenvalue weighted by Crippen LogP contribution is -2.44. The number of aliphatic carboxylic acids is 1. The number of ether oxygens (including phenoxy) is 2. The molecule has 0 aromatic heterocycles. The zero-order chi connectivity index (χ0) is 17.5. The second kappa shape index (κ2) is 6.05. The molecule has 2 aliphatic rings. The molecule has 1 amide bonds. The molecule has 3 rings (SSSR count). The fraction of sp³-hybridized carbons (Fsp3) is 0.529. The highest BCUT2D eigenvalue weighted by atomic mass is 19.1. The van der Waals surface area contributed by atoms with E-state index in [1.54, 1.807) is 6.07 Å². The van der Waals surface area contributed by atoms with E-state index < -0.39 is 29.6 Å². The summed E-state index contributed by atoms with van der Waals surface area (Å²) < 4.78 is 24.5. The quantitative estimate of drug-likeness (QED) is 0.883. The number of carbonyl (C=O) groups excluding carboxylic acids is 1. The second-order valence-corrected chi connectivity index (χ2v) is 6.84. The van der Waals surface area contributed by atoms with Gasteiger partial charge in [-0.3, -0.25) is 4.79 Å². The van der Waals surface area contributed by atoms with E-state index in [1.165, 1.54) is 12.1 Å². The molecule has 1 aromatic rings. The van der Waals surface area contributed by atoms with Crippen LogP contribution in [0.2, 0.25) is 0 Å². The Hall–Kier alpha value is -2.15. The molecule has 0 bridgehead atoms. The Labute approximate surface area is 138 Å². The molecule has 1 saturated heterocycles. The van der Waals surface area contributed by atoms with E-state index in [9.17, 15) is 14.0 Å². The summed E-state index contributed by atoms with van der Waals surface area (Å²) >= 11 is 0. The van der Waals surface area contributed by atoms with Crippen molar-refractivity contribution < 1.29 is 28.6 Å². The normalized spacial score (nSPS) is 27.9. The minimum absolute atomic E-state index is 0.314. The maximum absolute atomic E-state index is 13.5. The second-order valence-electron chi connectivity index (χ2n) is 6.84. The van der Waals surface area contributed by atoms with Gasteiger partial charge in [0, 0.05) is 18.1 Å². The van der Waals surface area contributed by atoms with E-state index in [2.05, 4.69) is 5.32 Å². The van der Waals surface area contributed by atoms with E-state index in [-0.39, 0.29) is 11.9 Å². The summed E-state index contributed by atoms with van der Waals surface area (Å²) in [5.41, 5.74) is 0.149. The van der Waals surface area contributed by atoms with Crippen molar-refractivity contribution in [1.29, 1.82) is 0 Å². The van der Waals surface area contributed by atoms with Gasteiger partial charge in [0.25, 0.3) is 0 Å². The van der Waals surface area contributed by atoms with Crippen LogP contribution in [0.15, 0.2) is 18.2 Å². The fourth-order valence-electron chi connectivity index (χ4n) is 3.23. The Morgan fingerprint density at radius 1 is 1.29 bits per heavy atom. The first-order valence-electron chi connectivity index (χ1n) is 7.92. The first-order chi connectivity index (χ1) is 11.2. The highest BCUT2D eigenvalue weighted by Crippen LogP contribution is 2.40. The van der Waals surface area contributed by atoms with Crippen molar-refractivity contribution in [2.75, 3.05) is 0 Å². The third kappa shape index (κ3) is 3.36. The van der Waals surface area contributed by atoms with Crippen LogP contribution in [0.4, 0.5) is 4.39 Å². The molecule has 2 heterocycles. The average Bonchev–Trinajstić information content (AvgIpc) is 2.95. The van der Waals surface area contributed by atoms with Gasteiger partial charge < -0.3 is 19.9 Å². The fourth-order valence-corrected chi connectivity index (χ4v) is 3.23. The molecular weight excluding hydrogens is 317 g/mol. The monoisotopic (exact) mass is 337 g/mol. The average molecular weight is 337 g/mol. The molecule has 0 spiro atoms. The van der Waals surface area contributed by atoms with Crippen LogP contribution in [0.25, 0.3) is 0 Å². The molecule has 3 atom stereocenters. The minimum Gasteiger partial charge on any atom is -0.487 e. The number of carbonyl (C=O) groups is 2. The van der Waals surface area contributed by atoms with Crippen LogP contribution in [0.1, 0.15) is 44.7 Å². The summed E-state index contributed by atoms with van der Waals surface area (Å²) in [5.74, 6) is -1.40. The Kier molecular flexibility index (Phi) is 4.21. The van der Waals surface area contributed by atoms with Crippen molar-refractivity contribution >= 4 is 11.9 Å². The van der Waals surface area contributed by atoms with Crippen LogP contribution in [-0.4, -0.2) is 34.8 Å². The van der Waals surface area contributed by atoms with E-state index in [0.29, 0.717) is 30.6 Å². The van der Waals surface area contributed by atoms with Gasteiger partial charge in [-0.25, -0.2) is 9.18 Å². The van der Waals surface area contributed by atoms with Crippen molar-refractivity contribution in [3.8, 4) is 5.75 Å². The smallest absolute Gasteiger partial charge is 0.332 e. The number of amides is 1. The predicted molar refractivity (Wildman–Crippen MR) is 82.1 cm³/mol. The van der Waals surface area contributed by atoms with Gasteiger partial charge in [0.1, 0.15) is 23.3 Å². The first kappa shape index (κ1) is 16.7. The molecule has 24 heavy (non-hydrogen) atoms. The van der Waals surface area contributed by atoms with Crippen LogP contribution in [0.3, 0.4) is 0 Å². The summed E-state index contributed by atoms with van der Waals surface area (Å²) in [4.78, 5) is 23.4. The van der Waals surface area contributed by atoms with Crippen molar-refractivity contribution in [3.05, 3.63) is 29.6 Å². The molecule has 1 aromatic carbocycles. The summed E-state index contributed by atoms with van der Waals surface area (Å²) in [5, 5.41) is 11.8. The standard InChI is InChI=1S/C17H20FNO5/c1-17(2)8-11(10-4-3-9(18)7-14(10)24-17)19-15(20)12-5-6-13(23-12)16(21)22/h3-4,7,11-13H,5-6,8H2,1-2H3,(H,19,20)(H,21,22)/t11?,12-,13+/m0/s1. The molecule has 2 N–H and O–H groups in total. The SMILES string of the molecule is CC1(C)CC(NC(=O)[C@@H]2CC[C@H](C(=O)O)O2)c2ccc(F)cc2O1. The number of halogens is 1. The van der Waals surface area contributed by atoms with Gasteiger partial charge in [-0.1, -0.05) is 6.07 Å². The molecule has 7 heteroatoms.